The van der Waals surface area contributed by atoms with Crippen LogP contribution >= 0.6 is 15.9 Å². The lowest BCUT2D eigenvalue weighted by Crippen LogP contribution is -2.18. The molecule has 0 bridgehead atoms. The summed E-state index contributed by atoms with van der Waals surface area (Å²) in [5.74, 6) is 3.07. The van der Waals surface area contributed by atoms with Crippen LogP contribution in [0.3, 0.4) is 0 Å². The van der Waals surface area contributed by atoms with Crippen molar-refractivity contribution in [1.82, 2.24) is 10.4 Å². The zero-order valence-corrected chi connectivity index (χ0v) is 19.9. The third-order valence-electron chi connectivity index (χ3n) is 4.96. The smallest absolute Gasteiger partial charge is 0.272 e. The van der Waals surface area contributed by atoms with E-state index in [0.29, 0.717) is 32.8 Å². The molecule has 0 radical (unpaired) electrons. The molecule has 1 N–H and O–H groups in total. The van der Waals surface area contributed by atoms with Gasteiger partial charge in [-0.05, 0) is 45.8 Å². The van der Waals surface area contributed by atoms with Crippen LogP contribution in [0.1, 0.15) is 15.9 Å². The Kier molecular flexibility index (Phi) is 7.21. The maximum absolute atomic E-state index is 13.1. The number of terminal acetylenes is 1. The van der Waals surface area contributed by atoms with Crippen molar-refractivity contribution >= 4 is 39.0 Å². The second-order valence-corrected chi connectivity index (χ2v) is 8.02. The van der Waals surface area contributed by atoms with Gasteiger partial charge < -0.3 is 9.47 Å². The van der Waals surface area contributed by atoms with Crippen molar-refractivity contribution in [3.8, 4) is 35.1 Å². The monoisotopic (exact) mass is 513 g/mol. The minimum atomic E-state index is -0.341. The van der Waals surface area contributed by atoms with Crippen LogP contribution in [0, 0.1) is 12.3 Å². The Labute approximate surface area is 205 Å². The van der Waals surface area contributed by atoms with Gasteiger partial charge in [0.15, 0.2) is 11.5 Å². The number of amides is 1. The maximum Gasteiger partial charge on any atom is 0.272 e. The van der Waals surface area contributed by atoms with E-state index in [4.69, 9.17) is 20.9 Å². The number of ether oxygens (including phenoxy) is 2. The van der Waals surface area contributed by atoms with Gasteiger partial charge in [0.2, 0.25) is 0 Å². The first-order valence-corrected chi connectivity index (χ1v) is 11.1. The Hall–Kier alpha value is -4.15. The van der Waals surface area contributed by atoms with Crippen LogP contribution < -0.4 is 14.9 Å². The highest BCUT2D eigenvalue weighted by Crippen LogP contribution is 2.36. The number of carbonyl (C=O) groups excluding carboxylic acids is 1. The fourth-order valence-corrected chi connectivity index (χ4v) is 3.99. The SMILES string of the molecule is C#CCOc1c(Br)cc(/C=N/NC(=O)c2cc(-c3ccccc3)nc3ccccc23)cc1OC. The molecule has 168 valence electrons. The largest absolute Gasteiger partial charge is 0.493 e. The first kappa shape index (κ1) is 23.0. The summed E-state index contributed by atoms with van der Waals surface area (Å²) in [5, 5.41) is 4.89. The molecule has 3 aromatic carbocycles. The van der Waals surface area contributed by atoms with Crippen LogP contribution in [0.4, 0.5) is 0 Å². The summed E-state index contributed by atoms with van der Waals surface area (Å²) in [6.45, 7) is 0.114. The molecule has 1 heterocycles. The van der Waals surface area contributed by atoms with E-state index in [9.17, 15) is 4.79 Å². The number of nitrogens with one attached hydrogen (secondary N) is 1. The number of fused-ring (bicyclic) bond motifs is 1. The van der Waals surface area contributed by atoms with E-state index in [2.05, 4.69) is 32.4 Å². The van der Waals surface area contributed by atoms with Crippen LogP contribution in [0.5, 0.6) is 11.5 Å². The Morgan fingerprint density at radius 3 is 2.68 bits per heavy atom. The van der Waals surface area contributed by atoms with E-state index in [1.54, 1.807) is 18.2 Å². The lowest BCUT2D eigenvalue weighted by molar-refractivity contribution is 0.0956. The molecule has 0 saturated carbocycles. The lowest BCUT2D eigenvalue weighted by atomic mass is 10.0. The number of rotatable bonds is 7. The number of methoxy groups -OCH3 is 1. The molecule has 7 heteroatoms. The van der Waals surface area contributed by atoms with E-state index in [1.165, 1.54) is 13.3 Å². The highest BCUT2D eigenvalue weighted by atomic mass is 79.9. The molecule has 4 aromatic rings. The Bertz CT molecular complexity index is 1410. The molecule has 0 aliphatic rings. The van der Waals surface area contributed by atoms with Crippen LogP contribution in [0.15, 0.2) is 82.4 Å². The van der Waals surface area contributed by atoms with Gasteiger partial charge in [-0.2, -0.15) is 5.10 Å². The minimum absolute atomic E-state index is 0.114. The summed E-state index contributed by atoms with van der Waals surface area (Å²) in [5.41, 5.74) is 6.16. The molecule has 34 heavy (non-hydrogen) atoms. The minimum Gasteiger partial charge on any atom is -0.493 e. The number of pyridine rings is 1. The van der Waals surface area contributed by atoms with Gasteiger partial charge in [-0.15, -0.1) is 6.42 Å². The summed E-state index contributed by atoms with van der Waals surface area (Å²) in [7, 11) is 1.53. The van der Waals surface area contributed by atoms with Gasteiger partial charge in [0.1, 0.15) is 6.61 Å². The van der Waals surface area contributed by atoms with Gasteiger partial charge in [-0.3, -0.25) is 4.79 Å². The van der Waals surface area contributed by atoms with Gasteiger partial charge in [-0.25, -0.2) is 10.4 Å². The van der Waals surface area contributed by atoms with Crippen LogP contribution in [0.25, 0.3) is 22.2 Å². The van der Waals surface area contributed by atoms with Gasteiger partial charge in [0, 0.05) is 10.9 Å². The molecule has 1 aromatic heterocycles. The molecule has 4 rings (SSSR count). The highest BCUT2D eigenvalue weighted by Gasteiger charge is 2.14. The summed E-state index contributed by atoms with van der Waals surface area (Å²) in [4.78, 5) is 17.8. The number of carbonyl (C=O) groups is 1. The number of benzene rings is 3. The van der Waals surface area contributed by atoms with E-state index in [1.807, 2.05) is 54.6 Å². The number of halogens is 1. The fraction of sp³-hybridized carbons (Fsp3) is 0.0741. The molecule has 6 nitrogen and oxygen atoms in total. The summed E-state index contributed by atoms with van der Waals surface area (Å²) in [6.07, 6.45) is 6.80. The van der Waals surface area contributed by atoms with E-state index >= 15 is 0 Å². The van der Waals surface area contributed by atoms with E-state index in [-0.39, 0.29) is 12.5 Å². The summed E-state index contributed by atoms with van der Waals surface area (Å²) in [6, 6.07) is 22.6. The molecule has 0 spiro atoms. The Morgan fingerprint density at radius 2 is 1.91 bits per heavy atom. The number of nitrogens with zero attached hydrogens (tertiary/aromatic N) is 2. The molecule has 0 unspecified atom stereocenters. The molecule has 1 amide bonds. The third kappa shape index (κ3) is 5.08. The fourth-order valence-electron chi connectivity index (χ4n) is 3.41. The van der Waals surface area contributed by atoms with Crippen molar-refractivity contribution in [1.29, 1.82) is 0 Å². The Morgan fingerprint density at radius 1 is 1.15 bits per heavy atom. The number of para-hydroxylation sites is 1. The first-order chi connectivity index (χ1) is 16.6. The summed E-state index contributed by atoms with van der Waals surface area (Å²) < 4.78 is 11.6. The first-order valence-electron chi connectivity index (χ1n) is 10.3. The third-order valence-corrected chi connectivity index (χ3v) is 5.55. The second kappa shape index (κ2) is 10.6. The number of hydrogen-bond acceptors (Lipinski definition) is 5. The maximum atomic E-state index is 13.1. The molecule has 0 fully saturated rings. The average Bonchev–Trinajstić information content (AvgIpc) is 2.87. The number of hydrazone groups is 1. The van der Waals surface area contributed by atoms with Crippen LogP contribution in [-0.2, 0) is 0 Å². The van der Waals surface area contributed by atoms with Crippen molar-refractivity contribution in [2.75, 3.05) is 13.7 Å². The van der Waals surface area contributed by atoms with E-state index < -0.39 is 0 Å². The number of hydrogen-bond donors (Lipinski definition) is 1. The second-order valence-electron chi connectivity index (χ2n) is 7.16. The predicted molar refractivity (Wildman–Crippen MR) is 137 cm³/mol. The van der Waals surface area contributed by atoms with Crippen LogP contribution in [0.2, 0.25) is 0 Å². The standard InChI is InChI=1S/C27H20BrN3O3/c1-3-13-34-26-22(28)14-18(15-25(26)33-2)17-29-31-27(32)21-16-24(19-9-5-4-6-10-19)30-23-12-8-7-11-20(21)23/h1,4-12,14-17H,13H2,2H3,(H,31,32)/b29-17+. The lowest BCUT2D eigenvalue weighted by Gasteiger charge is -2.11. The number of aromatic nitrogens is 1. The molecular formula is C27H20BrN3O3. The molecule has 0 saturated heterocycles. The van der Waals surface area contributed by atoms with Crippen molar-refractivity contribution in [3.05, 3.63) is 88.4 Å². The molecule has 0 atom stereocenters. The normalized spacial score (nSPS) is 10.7. The predicted octanol–water partition coefficient (Wildman–Crippen LogP) is 5.45. The quantitative estimate of drug-likeness (QED) is 0.202. The zero-order valence-electron chi connectivity index (χ0n) is 18.3. The van der Waals surface area contributed by atoms with Gasteiger partial charge in [-0.1, -0.05) is 54.5 Å². The van der Waals surface area contributed by atoms with Gasteiger partial charge >= 0.3 is 0 Å². The highest BCUT2D eigenvalue weighted by molar-refractivity contribution is 9.10. The molecule has 0 aliphatic heterocycles. The van der Waals surface area contributed by atoms with Gasteiger partial charge in [0.05, 0.1) is 34.6 Å². The summed E-state index contributed by atoms with van der Waals surface area (Å²) >= 11 is 3.45. The molecular weight excluding hydrogens is 494 g/mol. The van der Waals surface area contributed by atoms with E-state index in [0.717, 1.165) is 16.5 Å². The van der Waals surface area contributed by atoms with Crippen molar-refractivity contribution in [2.24, 2.45) is 5.10 Å². The molecule has 0 aliphatic carbocycles. The van der Waals surface area contributed by atoms with Crippen LogP contribution in [-0.4, -0.2) is 30.8 Å². The Balaban J connectivity index is 1.61. The zero-order chi connectivity index (χ0) is 23.9. The van der Waals surface area contributed by atoms with Gasteiger partial charge in [0.25, 0.3) is 5.91 Å². The average molecular weight is 514 g/mol. The van der Waals surface area contributed by atoms with Crippen molar-refractivity contribution < 1.29 is 14.3 Å². The van der Waals surface area contributed by atoms with Crippen molar-refractivity contribution in [3.63, 3.8) is 0 Å². The topological polar surface area (TPSA) is 72.8 Å². The van der Waals surface area contributed by atoms with Crippen molar-refractivity contribution in [2.45, 2.75) is 0 Å².